The van der Waals surface area contributed by atoms with Crippen molar-refractivity contribution >= 4 is 64.6 Å². The number of fused-ring (bicyclic) bond motifs is 9. The smallest absolute Gasteiger partial charge is 0.0159 e. The zero-order valence-electron chi connectivity index (χ0n) is 30.8. The summed E-state index contributed by atoms with van der Waals surface area (Å²) < 4.78 is 0. The Bertz CT molecular complexity index is 3360. The molecule has 256 valence electrons. The van der Waals surface area contributed by atoms with Crippen LogP contribution >= 0.6 is 0 Å². The maximum Gasteiger partial charge on any atom is 0.0159 e. The van der Waals surface area contributed by atoms with E-state index >= 15 is 0 Å². The van der Waals surface area contributed by atoms with Crippen LogP contribution in [-0.4, -0.2) is 0 Å². The van der Waals surface area contributed by atoms with E-state index in [0.717, 1.165) is 0 Å². The molecule has 0 radical (unpaired) electrons. The van der Waals surface area contributed by atoms with Crippen molar-refractivity contribution in [2.75, 3.05) is 0 Å². The highest BCUT2D eigenvalue weighted by Gasteiger charge is 2.36. The van der Waals surface area contributed by atoms with E-state index in [-0.39, 0.29) is 5.41 Å². The van der Waals surface area contributed by atoms with Crippen LogP contribution in [0.4, 0.5) is 0 Å². The molecule has 0 saturated carbocycles. The molecule has 1 aliphatic rings. The topological polar surface area (TPSA) is 0 Å². The lowest BCUT2D eigenvalue weighted by atomic mass is 9.81. The first-order valence-electron chi connectivity index (χ1n) is 19.4. The Morgan fingerprint density at radius 1 is 0.273 bits per heavy atom. The third-order valence-corrected chi connectivity index (χ3v) is 12.8. The molecule has 0 amide bonds. The Kier molecular flexibility index (Phi) is 6.21. The number of hydrogen-bond donors (Lipinski definition) is 0. The van der Waals surface area contributed by atoms with Gasteiger partial charge in [-0.3, -0.25) is 0 Å². The maximum absolute atomic E-state index is 2.49. The summed E-state index contributed by atoms with van der Waals surface area (Å²) in [6.45, 7) is 4.78. The zero-order chi connectivity index (χ0) is 36.4. The molecule has 0 aromatic heterocycles. The predicted octanol–water partition coefficient (Wildman–Crippen LogP) is 15.4. The second-order valence-electron chi connectivity index (χ2n) is 16.0. The van der Waals surface area contributed by atoms with Crippen molar-refractivity contribution in [2.45, 2.75) is 19.3 Å². The van der Waals surface area contributed by atoms with Gasteiger partial charge in [-0.2, -0.15) is 0 Å². The van der Waals surface area contributed by atoms with Gasteiger partial charge in [0.1, 0.15) is 0 Å². The number of benzene rings is 11. The van der Waals surface area contributed by atoms with Gasteiger partial charge in [0.15, 0.2) is 0 Å². The zero-order valence-corrected chi connectivity index (χ0v) is 30.8. The molecule has 11 aromatic carbocycles. The molecule has 0 heteroatoms. The molecule has 0 nitrogen and oxygen atoms in total. The van der Waals surface area contributed by atoms with Crippen molar-refractivity contribution in [1.29, 1.82) is 0 Å². The predicted molar refractivity (Wildman–Crippen MR) is 237 cm³/mol. The van der Waals surface area contributed by atoms with Crippen molar-refractivity contribution in [3.8, 4) is 44.5 Å². The molecule has 0 saturated heterocycles. The first kappa shape index (κ1) is 30.7. The fraction of sp³-hybridized carbons (Fsp3) is 0.0545. The molecule has 12 rings (SSSR count). The minimum atomic E-state index is -0.0924. The van der Waals surface area contributed by atoms with Gasteiger partial charge in [0, 0.05) is 5.41 Å². The van der Waals surface area contributed by atoms with E-state index in [2.05, 4.69) is 196 Å². The van der Waals surface area contributed by atoms with Crippen LogP contribution in [0.3, 0.4) is 0 Å². The van der Waals surface area contributed by atoms with E-state index in [1.54, 1.807) is 0 Å². The molecule has 0 heterocycles. The molecule has 0 bridgehead atoms. The van der Waals surface area contributed by atoms with Gasteiger partial charge in [-0.25, -0.2) is 0 Å². The third kappa shape index (κ3) is 4.28. The minimum Gasteiger partial charge on any atom is -0.0622 e. The normalized spacial score (nSPS) is 13.4. The van der Waals surface area contributed by atoms with Crippen molar-refractivity contribution in [1.82, 2.24) is 0 Å². The Morgan fingerprint density at radius 2 is 0.727 bits per heavy atom. The molecule has 0 spiro atoms. The third-order valence-electron chi connectivity index (χ3n) is 12.8. The van der Waals surface area contributed by atoms with E-state index < -0.39 is 0 Å². The summed E-state index contributed by atoms with van der Waals surface area (Å²) in [4.78, 5) is 0. The average molecular weight is 697 g/mol. The van der Waals surface area contributed by atoms with Crippen LogP contribution < -0.4 is 0 Å². The lowest BCUT2D eigenvalue weighted by Gasteiger charge is -2.22. The molecule has 1 aliphatic carbocycles. The van der Waals surface area contributed by atoms with E-state index in [1.807, 2.05) is 0 Å². The van der Waals surface area contributed by atoms with E-state index in [4.69, 9.17) is 0 Å². The monoisotopic (exact) mass is 696 g/mol. The molecular formula is C55H36. The van der Waals surface area contributed by atoms with Crippen molar-refractivity contribution in [3.63, 3.8) is 0 Å². The van der Waals surface area contributed by atoms with Crippen LogP contribution in [0.5, 0.6) is 0 Å². The Morgan fingerprint density at radius 3 is 1.33 bits per heavy atom. The lowest BCUT2D eigenvalue weighted by Crippen LogP contribution is -2.14. The first-order valence-corrected chi connectivity index (χ1v) is 19.4. The summed E-state index contributed by atoms with van der Waals surface area (Å²) in [5, 5.41) is 15.8. The summed E-state index contributed by atoms with van der Waals surface area (Å²) in [6.07, 6.45) is 0. The average Bonchev–Trinajstić information content (AvgIpc) is 3.47. The maximum atomic E-state index is 2.49. The molecule has 11 aromatic rings. The van der Waals surface area contributed by atoms with E-state index in [1.165, 1.54) is 120 Å². The van der Waals surface area contributed by atoms with E-state index in [0.29, 0.717) is 0 Å². The van der Waals surface area contributed by atoms with Gasteiger partial charge < -0.3 is 0 Å². The second kappa shape index (κ2) is 11.1. The Labute approximate surface area is 320 Å². The SMILES string of the molecule is CC1(C)c2ccc(-c3ccc(-c4ccc5ccc6c(-c7ccccc7)ccc7ccc4c5c76)cc3)cc2-c2cc3c4ccccc4c4ccccc4c3cc21. The first-order chi connectivity index (χ1) is 27.0. The Hall–Kier alpha value is -6.76. The van der Waals surface area contributed by atoms with Gasteiger partial charge in [-0.15, -0.1) is 0 Å². The van der Waals surface area contributed by atoms with Gasteiger partial charge in [0.2, 0.25) is 0 Å². The highest BCUT2D eigenvalue weighted by atomic mass is 14.4. The van der Waals surface area contributed by atoms with Crippen LogP contribution in [0.15, 0.2) is 182 Å². The summed E-state index contributed by atoms with van der Waals surface area (Å²) in [5.74, 6) is 0. The fourth-order valence-electron chi connectivity index (χ4n) is 10.1. The van der Waals surface area contributed by atoms with E-state index in [9.17, 15) is 0 Å². The minimum absolute atomic E-state index is 0.0924. The van der Waals surface area contributed by atoms with Gasteiger partial charge in [-0.05, 0) is 138 Å². The molecule has 0 atom stereocenters. The molecule has 0 unspecified atom stereocenters. The second-order valence-corrected chi connectivity index (χ2v) is 16.0. The summed E-state index contributed by atoms with van der Waals surface area (Å²) >= 11 is 0. The number of rotatable bonds is 3. The lowest BCUT2D eigenvalue weighted by molar-refractivity contribution is 0.661. The summed E-state index contributed by atoms with van der Waals surface area (Å²) in [7, 11) is 0. The molecule has 55 heavy (non-hydrogen) atoms. The van der Waals surface area contributed by atoms with Crippen LogP contribution in [0.25, 0.3) is 109 Å². The standard InChI is InChI=1S/C55H36/c1-55(2)51-29-24-38(30-49(51)50-31-47-43-14-8-6-12-41(43)42-13-7-9-15-44(42)48(47)32-52(50)55)33-16-18-35(19-17-33)40-26-21-37-22-27-45-39(34-10-4-3-5-11-34)25-20-36-23-28-46(40)54(37)53(36)45/h3-32H,1-2H3. The van der Waals surface area contributed by atoms with Crippen LogP contribution in [0.2, 0.25) is 0 Å². The van der Waals surface area contributed by atoms with Crippen molar-refractivity contribution < 1.29 is 0 Å². The highest BCUT2D eigenvalue weighted by molar-refractivity contribution is 6.28. The molecule has 0 fully saturated rings. The van der Waals surface area contributed by atoms with Gasteiger partial charge in [-0.1, -0.05) is 178 Å². The van der Waals surface area contributed by atoms with Crippen LogP contribution in [0, 0.1) is 0 Å². The molecule has 0 N–H and O–H groups in total. The van der Waals surface area contributed by atoms with Crippen LogP contribution in [0.1, 0.15) is 25.0 Å². The molecule has 0 aliphatic heterocycles. The van der Waals surface area contributed by atoms with Gasteiger partial charge in [0.05, 0.1) is 0 Å². The van der Waals surface area contributed by atoms with Crippen molar-refractivity contribution in [3.05, 3.63) is 193 Å². The largest absolute Gasteiger partial charge is 0.0622 e. The number of hydrogen-bond acceptors (Lipinski definition) is 0. The van der Waals surface area contributed by atoms with Crippen LogP contribution in [-0.2, 0) is 5.41 Å². The highest BCUT2D eigenvalue weighted by Crippen LogP contribution is 2.52. The Balaban J connectivity index is 0.977. The van der Waals surface area contributed by atoms with Crippen molar-refractivity contribution in [2.24, 2.45) is 0 Å². The fourth-order valence-corrected chi connectivity index (χ4v) is 10.1. The summed E-state index contributed by atoms with van der Waals surface area (Å²) in [5.41, 5.74) is 13.0. The summed E-state index contributed by atoms with van der Waals surface area (Å²) in [6, 6.07) is 68.3. The quantitative estimate of drug-likeness (QED) is 0.161. The molecular weight excluding hydrogens is 661 g/mol. The van der Waals surface area contributed by atoms with Gasteiger partial charge in [0.25, 0.3) is 0 Å². The van der Waals surface area contributed by atoms with Gasteiger partial charge >= 0.3 is 0 Å².